The summed E-state index contributed by atoms with van der Waals surface area (Å²) in [5, 5.41) is 8.35. The molecule has 0 aromatic heterocycles. The summed E-state index contributed by atoms with van der Waals surface area (Å²) >= 11 is 0. The molecule has 0 radical (unpaired) electrons. The molecule has 0 aliphatic heterocycles. The second kappa shape index (κ2) is 5.06. The molecular weight excluding hydrogens is 192 g/mol. The molecule has 0 fully saturated rings. The number of ether oxygens (including phenoxy) is 1. The molecule has 0 bridgehead atoms. The summed E-state index contributed by atoms with van der Waals surface area (Å²) in [6.45, 7) is 3.89. The van der Waals surface area contributed by atoms with Crippen molar-refractivity contribution in [3.05, 3.63) is 29.8 Å². The van der Waals surface area contributed by atoms with Gasteiger partial charge in [0.25, 0.3) is 0 Å². The van der Waals surface area contributed by atoms with E-state index < -0.39 is 5.97 Å². The molecule has 3 nitrogen and oxygen atoms in total. The highest BCUT2D eigenvalue weighted by Crippen LogP contribution is 2.12. The number of benzene rings is 1. The van der Waals surface area contributed by atoms with Crippen molar-refractivity contribution < 1.29 is 14.6 Å². The average molecular weight is 204 g/mol. The molecule has 1 aromatic rings. The molecule has 78 valence electrons. The number of aliphatic carboxylic acids is 1. The molecule has 15 heavy (non-hydrogen) atoms. The highest BCUT2D eigenvalue weighted by atomic mass is 16.5. The Hall–Kier alpha value is -1.95. The Balaban J connectivity index is 2.74. The van der Waals surface area contributed by atoms with Crippen molar-refractivity contribution >= 4 is 5.97 Å². The van der Waals surface area contributed by atoms with Crippen LogP contribution in [0.4, 0.5) is 0 Å². The van der Waals surface area contributed by atoms with Crippen molar-refractivity contribution in [3.63, 3.8) is 0 Å². The maximum atomic E-state index is 10.2. The summed E-state index contributed by atoms with van der Waals surface area (Å²) in [5.41, 5.74) is 0.661. The van der Waals surface area contributed by atoms with E-state index in [1.54, 1.807) is 24.3 Å². The lowest BCUT2D eigenvalue weighted by Crippen LogP contribution is -2.05. The van der Waals surface area contributed by atoms with E-state index >= 15 is 0 Å². The van der Waals surface area contributed by atoms with Crippen LogP contribution >= 0.6 is 0 Å². The average Bonchev–Trinajstić information content (AvgIpc) is 2.16. The number of carboxylic acids is 1. The van der Waals surface area contributed by atoms with Crippen LogP contribution in [0.15, 0.2) is 24.3 Å². The topological polar surface area (TPSA) is 46.5 Å². The molecular formula is C12H12O3. The molecule has 0 aliphatic carbocycles. The van der Waals surface area contributed by atoms with Crippen LogP contribution in [0.5, 0.6) is 5.75 Å². The van der Waals surface area contributed by atoms with E-state index in [0.29, 0.717) is 5.56 Å². The largest absolute Gasteiger partial charge is 0.491 e. The number of hydrogen-bond donors (Lipinski definition) is 1. The van der Waals surface area contributed by atoms with E-state index in [4.69, 9.17) is 9.84 Å². The molecule has 0 atom stereocenters. The summed E-state index contributed by atoms with van der Waals surface area (Å²) < 4.78 is 5.43. The van der Waals surface area contributed by atoms with Crippen LogP contribution in [0, 0.1) is 11.8 Å². The van der Waals surface area contributed by atoms with Crippen molar-refractivity contribution in [3.8, 4) is 17.6 Å². The first-order chi connectivity index (χ1) is 7.08. The van der Waals surface area contributed by atoms with E-state index in [1.165, 1.54) is 0 Å². The number of carboxylic acid groups (broad SMARTS) is 1. The molecule has 0 amide bonds. The minimum absolute atomic E-state index is 0.126. The lowest BCUT2D eigenvalue weighted by molar-refractivity contribution is -0.130. The second-order valence-electron chi connectivity index (χ2n) is 3.25. The van der Waals surface area contributed by atoms with Crippen molar-refractivity contribution in [1.82, 2.24) is 0 Å². The van der Waals surface area contributed by atoms with Crippen LogP contribution in [0.1, 0.15) is 19.4 Å². The van der Waals surface area contributed by atoms with Gasteiger partial charge in [0, 0.05) is 11.5 Å². The monoisotopic (exact) mass is 204 g/mol. The van der Waals surface area contributed by atoms with E-state index in [1.807, 2.05) is 19.8 Å². The van der Waals surface area contributed by atoms with Gasteiger partial charge in [-0.25, -0.2) is 4.79 Å². The fourth-order valence-corrected chi connectivity index (χ4v) is 1.01. The van der Waals surface area contributed by atoms with Gasteiger partial charge in [0.15, 0.2) is 0 Å². The molecule has 0 saturated carbocycles. The summed E-state index contributed by atoms with van der Waals surface area (Å²) in [6, 6.07) is 7.00. The van der Waals surface area contributed by atoms with E-state index in [0.717, 1.165) is 5.75 Å². The molecule has 0 heterocycles. The SMILES string of the molecule is CC(C)Oc1ccc(C#CC(=O)O)cc1. The minimum atomic E-state index is -1.13. The van der Waals surface area contributed by atoms with E-state index in [2.05, 4.69) is 5.92 Å². The van der Waals surface area contributed by atoms with E-state index in [9.17, 15) is 4.79 Å². The minimum Gasteiger partial charge on any atom is -0.491 e. The number of rotatable bonds is 2. The third kappa shape index (κ3) is 4.19. The summed E-state index contributed by atoms with van der Waals surface area (Å²) in [6.07, 6.45) is 0.126. The van der Waals surface area contributed by atoms with Gasteiger partial charge in [0.1, 0.15) is 5.75 Å². The highest BCUT2D eigenvalue weighted by molar-refractivity contribution is 5.87. The van der Waals surface area contributed by atoms with Gasteiger partial charge in [-0.3, -0.25) is 0 Å². The smallest absolute Gasteiger partial charge is 0.382 e. The molecule has 1 N–H and O–H groups in total. The number of hydrogen-bond acceptors (Lipinski definition) is 2. The van der Waals surface area contributed by atoms with Crippen LogP contribution in [-0.2, 0) is 4.79 Å². The van der Waals surface area contributed by atoms with Gasteiger partial charge in [-0.15, -0.1) is 0 Å². The van der Waals surface area contributed by atoms with E-state index in [-0.39, 0.29) is 6.10 Å². The van der Waals surface area contributed by atoms with Crippen molar-refractivity contribution in [2.24, 2.45) is 0 Å². The van der Waals surface area contributed by atoms with Crippen molar-refractivity contribution in [2.75, 3.05) is 0 Å². The zero-order valence-corrected chi connectivity index (χ0v) is 8.65. The molecule has 1 aromatic carbocycles. The third-order valence-electron chi connectivity index (χ3n) is 1.54. The molecule has 1 rings (SSSR count). The van der Waals surface area contributed by atoms with Gasteiger partial charge in [-0.05, 0) is 38.1 Å². The Bertz CT molecular complexity index is 393. The summed E-state index contributed by atoms with van der Waals surface area (Å²) in [7, 11) is 0. The van der Waals surface area contributed by atoms with Gasteiger partial charge in [-0.1, -0.05) is 5.92 Å². The van der Waals surface area contributed by atoms with Crippen LogP contribution in [-0.4, -0.2) is 17.2 Å². The predicted molar refractivity (Wildman–Crippen MR) is 56.7 cm³/mol. The molecule has 0 aliphatic rings. The molecule has 0 spiro atoms. The zero-order valence-electron chi connectivity index (χ0n) is 8.65. The summed E-state index contributed by atoms with van der Waals surface area (Å²) in [4.78, 5) is 10.2. The second-order valence-corrected chi connectivity index (χ2v) is 3.25. The Morgan fingerprint density at radius 2 is 1.93 bits per heavy atom. The van der Waals surface area contributed by atoms with Gasteiger partial charge >= 0.3 is 5.97 Å². The Labute approximate surface area is 88.7 Å². The molecule has 0 unspecified atom stereocenters. The fourth-order valence-electron chi connectivity index (χ4n) is 1.01. The van der Waals surface area contributed by atoms with Gasteiger partial charge in [0.05, 0.1) is 6.10 Å². The molecule has 0 saturated heterocycles. The maximum Gasteiger partial charge on any atom is 0.382 e. The van der Waals surface area contributed by atoms with Gasteiger partial charge in [-0.2, -0.15) is 0 Å². The lowest BCUT2D eigenvalue weighted by Gasteiger charge is -2.08. The normalized spacial score (nSPS) is 9.27. The lowest BCUT2D eigenvalue weighted by atomic mass is 10.2. The first-order valence-electron chi connectivity index (χ1n) is 4.59. The van der Waals surface area contributed by atoms with Crippen LogP contribution in [0.2, 0.25) is 0 Å². The van der Waals surface area contributed by atoms with Crippen molar-refractivity contribution in [2.45, 2.75) is 20.0 Å². The maximum absolute atomic E-state index is 10.2. The third-order valence-corrected chi connectivity index (χ3v) is 1.54. The van der Waals surface area contributed by atoms with Crippen LogP contribution in [0.3, 0.4) is 0 Å². The summed E-state index contributed by atoms with van der Waals surface area (Å²) in [5.74, 6) is 4.20. The van der Waals surface area contributed by atoms with Gasteiger partial charge < -0.3 is 9.84 Å². The predicted octanol–water partition coefficient (Wildman–Crippen LogP) is 1.91. The van der Waals surface area contributed by atoms with Gasteiger partial charge in [0.2, 0.25) is 0 Å². The fraction of sp³-hybridized carbons (Fsp3) is 0.250. The highest BCUT2D eigenvalue weighted by Gasteiger charge is 1.96. The first kappa shape index (κ1) is 11.1. The molecule has 3 heteroatoms. The Morgan fingerprint density at radius 1 is 1.33 bits per heavy atom. The van der Waals surface area contributed by atoms with Crippen molar-refractivity contribution in [1.29, 1.82) is 0 Å². The zero-order chi connectivity index (χ0) is 11.3. The van der Waals surface area contributed by atoms with Crippen LogP contribution in [0.25, 0.3) is 0 Å². The standard InChI is InChI=1S/C12H12O3/c1-9(2)15-11-6-3-10(4-7-11)5-8-12(13)14/h3-4,6-7,9H,1-2H3,(H,13,14). The Morgan fingerprint density at radius 3 is 2.40 bits per heavy atom. The quantitative estimate of drug-likeness (QED) is 0.748. The number of carbonyl (C=O) groups is 1. The van der Waals surface area contributed by atoms with Crippen LogP contribution < -0.4 is 4.74 Å². The first-order valence-corrected chi connectivity index (χ1v) is 4.59. The Kier molecular flexibility index (Phi) is 3.75.